The summed E-state index contributed by atoms with van der Waals surface area (Å²) in [5.41, 5.74) is 0.747. The molecule has 2 heterocycles. The standard InChI is InChI=1S/C10H4ClFN4/c11-10-15-5-8(12)9(16-10)7-1-6(2-13)3-14-4-7/h1,3-5H. The van der Waals surface area contributed by atoms with Gasteiger partial charge in [0.2, 0.25) is 5.28 Å². The molecule has 0 bridgehead atoms. The highest BCUT2D eigenvalue weighted by molar-refractivity contribution is 6.28. The number of aromatic nitrogens is 3. The number of hydrogen-bond donors (Lipinski definition) is 0. The van der Waals surface area contributed by atoms with Crippen LogP contribution in [0.5, 0.6) is 0 Å². The topological polar surface area (TPSA) is 62.5 Å². The highest BCUT2D eigenvalue weighted by Crippen LogP contribution is 2.20. The van der Waals surface area contributed by atoms with Crippen molar-refractivity contribution in [2.75, 3.05) is 0 Å². The lowest BCUT2D eigenvalue weighted by Crippen LogP contribution is -1.93. The molecule has 0 spiro atoms. The predicted molar refractivity (Wildman–Crippen MR) is 54.9 cm³/mol. The van der Waals surface area contributed by atoms with E-state index in [4.69, 9.17) is 16.9 Å². The minimum Gasteiger partial charge on any atom is -0.263 e. The molecule has 0 N–H and O–H groups in total. The predicted octanol–water partition coefficient (Wildman–Crippen LogP) is 2.20. The van der Waals surface area contributed by atoms with Gasteiger partial charge in [-0.1, -0.05) is 0 Å². The second kappa shape index (κ2) is 4.21. The summed E-state index contributed by atoms with van der Waals surface area (Å²) in [6.45, 7) is 0. The molecule has 0 aliphatic rings. The maximum atomic E-state index is 13.4. The summed E-state index contributed by atoms with van der Waals surface area (Å²) >= 11 is 5.57. The lowest BCUT2D eigenvalue weighted by atomic mass is 10.1. The van der Waals surface area contributed by atoms with Crippen LogP contribution in [0.3, 0.4) is 0 Å². The monoisotopic (exact) mass is 234 g/mol. The van der Waals surface area contributed by atoms with E-state index in [-0.39, 0.29) is 11.0 Å². The van der Waals surface area contributed by atoms with Crippen LogP contribution < -0.4 is 0 Å². The van der Waals surface area contributed by atoms with Gasteiger partial charge in [-0.3, -0.25) is 4.98 Å². The third kappa shape index (κ3) is 1.97. The van der Waals surface area contributed by atoms with Crippen molar-refractivity contribution in [2.24, 2.45) is 0 Å². The maximum absolute atomic E-state index is 13.4. The van der Waals surface area contributed by atoms with Crippen LogP contribution in [-0.2, 0) is 0 Å². The van der Waals surface area contributed by atoms with Gasteiger partial charge in [0.05, 0.1) is 11.8 Å². The molecule has 0 saturated heterocycles. The molecule has 6 heteroatoms. The van der Waals surface area contributed by atoms with Crippen molar-refractivity contribution in [1.29, 1.82) is 5.26 Å². The molecule has 0 fully saturated rings. The molecule has 16 heavy (non-hydrogen) atoms. The summed E-state index contributed by atoms with van der Waals surface area (Å²) in [6.07, 6.45) is 3.76. The van der Waals surface area contributed by atoms with Crippen molar-refractivity contribution in [3.8, 4) is 17.3 Å². The Balaban J connectivity index is 2.58. The first-order valence-corrected chi connectivity index (χ1v) is 4.62. The van der Waals surface area contributed by atoms with Crippen molar-refractivity contribution < 1.29 is 4.39 Å². The van der Waals surface area contributed by atoms with Crippen LogP contribution in [0.1, 0.15) is 5.56 Å². The molecule has 0 atom stereocenters. The molecule has 2 aromatic heterocycles. The minimum absolute atomic E-state index is 0.0320. The maximum Gasteiger partial charge on any atom is 0.223 e. The fourth-order valence-corrected chi connectivity index (χ4v) is 1.31. The van der Waals surface area contributed by atoms with Gasteiger partial charge in [0, 0.05) is 18.0 Å². The Morgan fingerprint density at radius 2 is 2.12 bits per heavy atom. The van der Waals surface area contributed by atoms with E-state index in [0.29, 0.717) is 11.1 Å². The number of nitriles is 1. The summed E-state index contributed by atoms with van der Waals surface area (Å²) in [6, 6.07) is 3.39. The first-order valence-electron chi connectivity index (χ1n) is 4.24. The lowest BCUT2D eigenvalue weighted by molar-refractivity contribution is 0.618. The highest BCUT2D eigenvalue weighted by atomic mass is 35.5. The van der Waals surface area contributed by atoms with Crippen LogP contribution in [0.2, 0.25) is 5.28 Å². The lowest BCUT2D eigenvalue weighted by Gasteiger charge is -2.01. The van der Waals surface area contributed by atoms with Gasteiger partial charge in [-0.25, -0.2) is 14.4 Å². The van der Waals surface area contributed by atoms with Crippen molar-refractivity contribution in [3.05, 3.63) is 41.3 Å². The van der Waals surface area contributed by atoms with E-state index in [1.54, 1.807) is 0 Å². The van der Waals surface area contributed by atoms with Crippen molar-refractivity contribution in [2.45, 2.75) is 0 Å². The van der Waals surface area contributed by atoms with E-state index in [1.165, 1.54) is 18.5 Å². The molecule has 0 aromatic carbocycles. The summed E-state index contributed by atoms with van der Waals surface area (Å²) in [5.74, 6) is -0.610. The first-order chi connectivity index (χ1) is 7.70. The van der Waals surface area contributed by atoms with Gasteiger partial charge in [0.25, 0.3) is 0 Å². The van der Waals surface area contributed by atoms with Gasteiger partial charge < -0.3 is 0 Å². The SMILES string of the molecule is N#Cc1cncc(-c2nc(Cl)ncc2F)c1. The minimum atomic E-state index is -0.610. The second-order valence-electron chi connectivity index (χ2n) is 2.91. The summed E-state index contributed by atoms with van der Waals surface area (Å²) in [5, 5.41) is 8.63. The second-order valence-corrected chi connectivity index (χ2v) is 3.25. The van der Waals surface area contributed by atoms with Gasteiger partial charge in [-0.2, -0.15) is 5.26 Å². The number of nitrogens with zero attached hydrogens (tertiary/aromatic N) is 4. The first kappa shape index (κ1) is 10.5. The van der Waals surface area contributed by atoms with Crippen LogP contribution in [-0.4, -0.2) is 15.0 Å². The van der Waals surface area contributed by atoms with Crippen LogP contribution in [0, 0.1) is 17.1 Å². The van der Waals surface area contributed by atoms with Crippen LogP contribution in [0.4, 0.5) is 4.39 Å². The van der Waals surface area contributed by atoms with Crippen LogP contribution in [0.15, 0.2) is 24.7 Å². The normalized spacial score (nSPS) is 9.81. The van der Waals surface area contributed by atoms with Gasteiger partial charge >= 0.3 is 0 Å². The molecule has 2 rings (SSSR count). The van der Waals surface area contributed by atoms with Gasteiger partial charge in [-0.15, -0.1) is 0 Å². The zero-order valence-corrected chi connectivity index (χ0v) is 8.61. The molecule has 0 aliphatic heterocycles. The van der Waals surface area contributed by atoms with E-state index < -0.39 is 5.82 Å². The van der Waals surface area contributed by atoms with Crippen LogP contribution >= 0.6 is 11.6 Å². The number of rotatable bonds is 1. The Hall–Kier alpha value is -2.06. The fourth-order valence-electron chi connectivity index (χ4n) is 1.18. The van der Waals surface area contributed by atoms with Gasteiger partial charge in [-0.05, 0) is 17.7 Å². The largest absolute Gasteiger partial charge is 0.263 e. The zero-order valence-electron chi connectivity index (χ0n) is 7.85. The quantitative estimate of drug-likeness (QED) is 0.710. The van der Waals surface area contributed by atoms with E-state index >= 15 is 0 Å². The van der Waals surface area contributed by atoms with Crippen molar-refractivity contribution >= 4 is 11.6 Å². The smallest absolute Gasteiger partial charge is 0.223 e. The van der Waals surface area contributed by atoms with Crippen LogP contribution in [0.25, 0.3) is 11.3 Å². The molecule has 78 valence electrons. The Morgan fingerprint density at radius 3 is 2.88 bits per heavy atom. The molecule has 0 aliphatic carbocycles. The zero-order chi connectivity index (χ0) is 11.5. The molecule has 0 radical (unpaired) electrons. The molecule has 0 saturated carbocycles. The Bertz CT molecular complexity index is 579. The fraction of sp³-hybridized carbons (Fsp3) is 0. The molecule has 4 nitrogen and oxygen atoms in total. The third-order valence-electron chi connectivity index (χ3n) is 1.86. The van der Waals surface area contributed by atoms with Crippen molar-refractivity contribution in [3.63, 3.8) is 0 Å². The van der Waals surface area contributed by atoms with Gasteiger partial charge in [0.1, 0.15) is 11.8 Å². The molecular weight excluding hydrogens is 231 g/mol. The third-order valence-corrected chi connectivity index (χ3v) is 2.04. The van der Waals surface area contributed by atoms with E-state index in [0.717, 1.165) is 6.20 Å². The van der Waals surface area contributed by atoms with E-state index in [1.807, 2.05) is 6.07 Å². The van der Waals surface area contributed by atoms with E-state index in [9.17, 15) is 4.39 Å². The van der Waals surface area contributed by atoms with Crippen molar-refractivity contribution in [1.82, 2.24) is 15.0 Å². The molecular formula is C10H4ClFN4. The number of pyridine rings is 1. The molecule has 0 amide bonds. The molecule has 0 unspecified atom stereocenters. The Kier molecular flexibility index (Phi) is 2.75. The summed E-state index contributed by atoms with van der Waals surface area (Å²) in [7, 11) is 0. The number of hydrogen-bond acceptors (Lipinski definition) is 4. The average Bonchev–Trinajstić information content (AvgIpc) is 2.32. The summed E-state index contributed by atoms with van der Waals surface area (Å²) < 4.78 is 13.4. The van der Waals surface area contributed by atoms with Gasteiger partial charge in [0.15, 0.2) is 5.82 Å². The number of halogens is 2. The Labute approximate surface area is 95.4 Å². The molecule has 2 aromatic rings. The Morgan fingerprint density at radius 1 is 1.31 bits per heavy atom. The summed E-state index contributed by atoms with van der Waals surface area (Å²) in [4.78, 5) is 11.1. The van der Waals surface area contributed by atoms with E-state index in [2.05, 4.69) is 15.0 Å². The highest BCUT2D eigenvalue weighted by Gasteiger charge is 2.09. The average molecular weight is 235 g/mol.